The molecule has 1 saturated carbocycles. The molecule has 6 rings (SSSR count). The van der Waals surface area contributed by atoms with E-state index in [4.69, 9.17) is 9.72 Å². The Labute approximate surface area is 196 Å². The van der Waals surface area contributed by atoms with Crippen molar-refractivity contribution in [1.82, 2.24) is 29.5 Å². The lowest BCUT2D eigenvalue weighted by Gasteiger charge is -2.32. The Hall–Kier alpha value is -3.50. The first-order valence-electron chi connectivity index (χ1n) is 11.7. The molecular weight excluding hydrogens is 434 g/mol. The number of hydrogen-bond acceptors (Lipinski definition) is 7. The van der Waals surface area contributed by atoms with E-state index in [9.17, 15) is 9.90 Å². The van der Waals surface area contributed by atoms with Gasteiger partial charge in [0.15, 0.2) is 5.65 Å². The van der Waals surface area contributed by atoms with Gasteiger partial charge < -0.3 is 25.0 Å². The first kappa shape index (κ1) is 21.1. The molecule has 1 saturated heterocycles. The van der Waals surface area contributed by atoms with Gasteiger partial charge >= 0.3 is 0 Å². The van der Waals surface area contributed by atoms with Crippen LogP contribution in [0.2, 0.25) is 0 Å². The van der Waals surface area contributed by atoms with E-state index in [1.54, 1.807) is 10.7 Å². The molecule has 0 aromatic carbocycles. The molecule has 5 heterocycles. The largest absolute Gasteiger partial charge is 0.391 e. The molecule has 0 radical (unpaired) electrons. The molecule has 1 amide bonds. The molecule has 10 heteroatoms. The number of aromatic nitrogens is 5. The van der Waals surface area contributed by atoms with Crippen LogP contribution in [-0.2, 0) is 4.74 Å². The van der Waals surface area contributed by atoms with Gasteiger partial charge in [0.1, 0.15) is 17.0 Å². The van der Waals surface area contributed by atoms with Gasteiger partial charge in [-0.2, -0.15) is 9.61 Å². The van der Waals surface area contributed by atoms with Crippen LogP contribution in [0.15, 0.2) is 36.8 Å². The number of carbonyl (C=O) groups excluding carboxylic acids is 1. The monoisotopic (exact) mass is 461 g/mol. The summed E-state index contributed by atoms with van der Waals surface area (Å²) in [5, 5.41) is 21.3. The average Bonchev–Trinajstić information content (AvgIpc) is 3.48. The SMILES string of the molecule is CNc1cc(-c2cn([C@H]3CCCOC3)c3ncccc23)nc2c(C(=O)NC3CC[C@@H]3O)cnn12. The summed E-state index contributed by atoms with van der Waals surface area (Å²) >= 11 is 0. The van der Waals surface area contributed by atoms with Gasteiger partial charge in [0.25, 0.3) is 5.91 Å². The van der Waals surface area contributed by atoms with E-state index in [0.717, 1.165) is 48.2 Å². The second-order valence-electron chi connectivity index (χ2n) is 8.99. The lowest BCUT2D eigenvalue weighted by molar-refractivity contribution is 0.0448. The molecule has 10 nitrogen and oxygen atoms in total. The fraction of sp³-hybridized carbons (Fsp3) is 0.417. The second kappa shape index (κ2) is 8.37. The molecule has 0 spiro atoms. The number of aliphatic hydroxyl groups excluding tert-OH is 1. The lowest BCUT2D eigenvalue weighted by atomic mass is 9.89. The van der Waals surface area contributed by atoms with E-state index in [1.807, 2.05) is 25.2 Å². The Morgan fingerprint density at radius 3 is 2.91 bits per heavy atom. The van der Waals surface area contributed by atoms with Gasteiger partial charge in [-0.05, 0) is 37.8 Å². The van der Waals surface area contributed by atoms with Crippen LogP contribution in [0.5, 0.6) is 0 Å². The predicted octanol–water partition coefficient (Wildman–Crippen LogP) is 2.39. The van der Waals surface area contributed by atoms with Gasteiger partial charge in [0.05, 0.1) is 36.7 Å². The topological polar surface area (TPSA) is 119 Å². The highest BCUT2D eigenvalue weighted by molar-refractivity contribution is 6.01. The number of ether oxygens (including phenoxy) is 1. The Morgan fingerprint density at radius 2 is 2.18 bits per heavy atom. The molecule has 4 aromatic rings. The Kier molecular flexibility index (Phi) is 5.19. The van der Waals surface area contributed by atoms with Crippen LogP contribution in [-0.4, -0.2) is 67.6 Å². The first-order valence-corrected chi connectivity index (χ1v) is 11.7. The highest BCUT2D eigenvalue weighted by Gasteiger charge is 2.31. The molecule has 3 N–H and O–H groups in total. The molecule has 0 bridgehead atoms. The predicted molar refractivity (Wildman–Crippen MR) is 127 cm³/mol. The summed E-state index contributed by atoms with van der Waals surface area (Å²) < 4.78 is 9.55. The average molecular weight is 462 g/mol. The van der Waals surface area contributed by atoms with Crippen LogP contribution in [0.3, 0.4) is 0 Å². The normalized spacial score (nSPS) is 22.6. The van der Waals surface area contributed by atoms with E-state index >= 15 is 0 Å². The number of amides is 1. The lowest BCUT2D eigenvalue weighted by Crippen LogP contribution is -2.50. The van der Waals surface area contributed by atoms with Crippen molar-refractivity contribution in [2.45, 2.75) is 43.9 Å². The van der Waals surface area contributed by atoms with E-state index in [2.05, 4.69) is 31.5 Å². The molecule has 176 valence electrons. The minimum atomic E-state index is -0.496. The van der Waals surface area contributed by atoms with Crippen molar-refractivity contribution >= 4 is 28.4 Å². The van der Waals surface area contributed by atoms with Crippen molar-refractivity contribution in [2.24, 2.45) is 0 Å². The van der Waals surface area contributed by atoms with Crippen molar-refractivity contribution in [3.05, 3.63) is 42.4 Å². The summed E-state index contributed by atoms with van der Waals surface area (Å²) in [6.45, 7) is 1.46. The summed E-state index contributed by atoms with van der Waals surface area (Å²) in [4.78, 5) is 22.5. The summed E-state index contributed by atoms with van der Waals surface area (Å²) in [5.41, 5.74) is 3.39. The van der Waals surface area contributed by atoms with Crippen LogP contribution in [0.4, 0.5) is 5.82 Å². The molecule has 2 aliphatic rings. The minimum Gasteiger partial charge on any atom is -0.391 e. The molecule has 1 aliphatic carbocycles. The van der Waals surface area contributed by atoms with E-state index < -0.39 is 6.10 Å². The highest BCUT2D eigenvalue weighted by atomic mass is 16.5. The third-order valence-corrected chi connectivity index (χ3v) is 6.92. The zero-order valence-corrected chi connectivity index (χ0v) is 18.9. The maximum Gasteiger partial charge on any atom is 0.257 e. The molecule has 34 heavy (non-hydrogen) atoms. The Morgan fingerprint density at radius 1 is 1.26 bits per heavy atom. The number of anilines is 1. The van der Waals surface area contributed by atoms with E-state index in [-0.39, 0.29) is 18.0 Å². The Balaban J connectivity index is 1.46. The zero-order valence-electron chi connectivity index (χ0n) is 18.9. The minimum absolute atomic E-state index is 0.220. The molecule has 3 atom stereocenters. The van der Waals surface area contributed by atoms with Crippen LogP contribution >= 0.6 is 0 Å². The number of nitrogens with zero attached hydrogens (tertiary/aromatic N) is 5. The van der Waals surface area contributed by atoms with E-state index in [0.29, 0.717) is 30.1 Å². The van der Waals surface area contributed by atoms with Crippen molar-refractivity contribution in [2.75, 3.05) is 25.6 Å². The van der Waals surface area contributed by atoms with Gasteiger partial charge in [-0.3, -0.25) is 4.79 Å². The van der Waals surface area contributed by atoms with Crippen molar-refractivity contribution < 1.29 is 14.6 Å². The summed E-state index contributed by atoms with van der Waals surface area (Å²) in [7, 11) is 1.81. The van der Waals surface area contributed by atoms with Crippen LogP contribution < -0.4 is 10.6 Å². The van der Waals surface area contributed by atoms with Crippen molar-refractivity contribution in [3.8, 4) is 11.3 Å². The number of aliphatic hydroxyl groups is 1. The van der Waals surface area contributed by atoms with Crippen LogP contribution in [0, 0.1) is 0 Å². The molecule has 1 aliphatic heterocycles. The quantitative estimate of drug-likeness (QED) is 0.418. The zero-order chi connectivity index (χ0) is 23.2. The summed E-state index contributed by atoms with van der Waals surface area (Å²) in [6.07, 6.45) is 8.45. The summed E-state index contributed by atoms with van der Waals surface area (Å²) in [5.74, 6) is 0.433. The first-order chi connectivity index (χ1) is 16.6. The molecular formula is C24H27N7O3. The summed E-state index contributed by atoms with van der Waals surface area (Å²) in [6, 6.07) is 5.90. The fourth-order valence-electron chi connectivity index (χ4n) is 4.84. The second-order valence-corrected chi connectivity index (χ2v) is 8.99. The molecule has 4 aromatic heterocycles. The number of fused-ring (bicyclic) bond motifs is 2. The van der Waals surface area contributed by atoms with Crippen LogP contribution in [0.25, 0.3) is 27.9 Å². The number of pyridine rings is 1. The van der Waals surface area contributed by atoms with Crippen molar-refractivity contribution in [1.29, 1.82) is 0 Å². The standard InChI is InChI=1S/C24H27N7O3/c1-25-21-10-19(28-23-16(11-27-31(21)23)24(33)29-18-6-7-20(18)32)17-12-30(14-4-3-9-34-13-14)22-15(17)5-2-8-26-22/h2,5,8,10-12,14,18,20,25,32H,3-4,6-7,9,13H2,1H3,(H,29,33)/t14-,18?,20-/m0/s1. The van der Waals surface area contributed by atoms with Gasteiger partial charge in [0, 0.05) is 43.1 Å². The number of carbonyl (C=O) groups is 1. The van der Waals surface area contributed by atoms with Gasteiger partial charge in [-0.15, -0.1) is 0 Å². The van der Waals surface area contributed by atoms with Gasteiger partial charge in [-0.25, -0.2) is 9.97 Å². The van der Waals surface area contributed by atoms with Gasteiger partial charge in [-0.1, -0.05) is 0 Å². The maximum absolute atomic E-state index is 13.0. The van der Waals surface area contributed by atoms with Gasteiger partial charge in [0.2, 0.25) is 0 Å². The maximum atomic E-state index is 13.0. The fourth-order valence-corrected chi connectivity index (χ4v) is 4.84. The number of rotatable bonds is 5. The third kappa shape index (κ3) is 3.41. The molecule has 2 fully saturated rings. The van der Waals surface area contributed by atoms with Crippen molar-refractivity contribution in [3.63, 3.8) is 0 Å². The number of hydrogen-bond donors (Lipinski definition) is 3. The Bertz CT molecular complexity index is 1370. The van der Waals surface area contributed by atoms with E-state index in [1.165, 1.54) is 6.20 Å². The third-order valence-electron chi connectivity index (χ3n) is 6.92. The smallest absolute Gasteiger partial charge is 0.257 e. The number of nitrogens with one attached hydrogen (secondary N) is 2. The van der Waals surface area contributed by atoms with Crippen LogP contribution in [0.1, 0.15) is 42.1 Å². The highest BCUT2D eigenvalue weighted by Crippen LogP contribution is 2.34. The molecule has 1 unspecified atom stereocenters.